The molecule has 146 valence electrons. The highest BCUT2D eigenvalue weighted by Gasteiger charge is 2.33. The third-order valence-corrected chi connectivity index (χ3v) is 4.68. The predicted molar refractivity (Wildman–Crippen MR) is 95.9 cm³/mol. The van der Waals surface area contributed by atoms with Gasteiger partial charge in [0.25, 0.3) is 0 Å². The molecule has 2 aliphatic heterocycles. The Balaban J connectivity index is 1.50. The smallest absolute Gasteiger partial charge is 0.409 e. The number of benzene rings is 1. The van der Waals surface area contributed by atoms with Crippen LogP contribution in [0.3, 0.4) is 0 Å². The highest BCUT2D eigenvalue weighted by Crippen LogP contribution is 2.22. The Labute approximate surface area is 156 Å². The molecular weight excluding hydrogens is 355 g/mol. The summed E-state index contributed by atoms with van der Waals surface area (Å²) in [5, 5.41) is 2.88. The van der Waals surface area contributed by atoms with Crippen LogP contribution in [-0.4, -0.2) is 73.2 Å². The van der Waals surface area contributed by atoms with Gasteiger partial charge in [0.2, 0.25) is 5.91 Å². The maximum Gasteiger partial charge on any atom is 0.409 e. The monoisotopic (exact) mass is 378 g/mol. The van der Waals surface area contributed by atoms with Gasteiger partial charge in [-0.3, -0.25) is 4.79 Å². The zero-order valence-corrected chi connectivity index (χ0v) is 15.2. The third-order valence-electron chi connectivity index (χ3n) is 4.68. The molecule has 2 heterocycles. The molecule has 1 N–H and O–H groups in total. The number of nitrogens with one attached hydrogen (secondary N) is 1. The molecule has 4 amide bonds. The average molecular weight is 378 g/mol. The summed E-state index contributed by atoms with van der Waals surface area (Å²) in [7, 11) is 0. The zero-order chi connectivity index (χ0) is 19.4. The van der Waals surface area contributed by atoms with E-state index in [1.54, 1.807) is 33.8 Å². The Morgan fingerprint density at radius 1 is 1.15 bits per heavy atom. The third kappa shape index (κ3) is 4.47. The molecule has 2 fully saturated rings. The van der Waals surface area contributed by atoms with Gasteiger partial charge in [0.15, 0.2) is 0 Å². The number of nitrogens with zero attached hydrogens (tertiary/aromatic N) is 3. The highest BCUT2D eigenvalue weighted by atomic mass is 19.1. The summed E-state index contributed by atoms with van der Waals surface area (Å²) in [5.74, 6) is -0.476. The molecule has 0 radical (unpaired) electrons. The van der Waals surface area contributed by atoms with E-state index in [0.717, 1.165) is 0 Å². The van der Waals surface area contributed by atoms with E-state index in [-0.39, 0.29) is 36.3 Å². The molecule has 2 saturated heterocycles. The molecule has 27 heavy (non-hydrogen) atoms. The maximum absolute atomic E-state index is 13.0. The molecular formula is C18H23FN4O4. The molecule has 1 aromatic rings. The summed E-state index contributed by atoms with van der Waals surface area (Å²) in [6, 6.07) is 5.14. The van der Waals surface area contributed by atoms with Gasteiger partial charge in [-0.25, -0.2) is 14.0 Å². The molecule has 1 aromatic carbocycles. The molecule has 2 aliphatic rings. The van der Waals surface area contributed by atoms with E-state index in [0.29, 0.717) is 45.0 Å². The second kappa shape index (κ2) is 8.24. The van der Waals surface area contributed by atoms with Crippen molar-refractivity contribution in [2.24, 2.45) is 0 Å². The first kappa shape index (κ1) is 18.9. The number of carbonyl (C=O) groups excluding carboxylic acids is 3. The lowest BCUT2D eigenvalue weighted by Gasteiger charge is -2.34. The number of ether oxygens (including phenoxy) is 1. The number of rotatable bonds is 3. The fourth-order valence-electron chi connectivity index (χ4n) is 3.25. The van der Waals surface area contributed by atoms with Crippen molar-refractivity contribution in [1.82, 2.24) is 15.1 Å². The number of hydrogen-bond acceptors (Lipinski definition) is 4. The average Bonchev–Trinajstić information content (AvgIpc) is 3.02. The summed E-state index contributed by atoms with van der Waals surface area (Å²) < 4.78 is 18.0. The SMILES string of the molecule is CCOC(=O)N1CCN(C(=O)N[C@@H]2CC(=O)N(c3ccc(F)cc3)C2)CC1. The Morgan fingerprint density at radius 2 is 1.78 bits per heavy atom. The number of amides is 4. The largest absolute Gasteiger partial charge is 0.450 e. The lowest BCUT2D eigenvalue weighted by atomic mass is 10.2. The number of urea groups is 1. The molecule has 0 spiro atoms. The van der Waals surface area contributed by atoms with Crippen molar-refractivity contribution in [3.05, 3.63) is 30.1 Å². The van der Waals surface area contributed by atoms with Crippen molar-refractivity contribution in [1.29, 1.82) is 0 Å². The van der Waals surface area contributed by atoms with Gasteiger partial charge in [0.05, 0.1) is 12.6 Å². The van der Waals surface area contributed by atoms with Crippen molar-refractivity contribution in [3.63, 3.8) is 0 Å². The number of carbonyl (C=O) groups is 3. The lowest BCUT2D eigenvalue weighted by molar-refractivity contribution is -0.117. The van der Waals surface area contributed by atoms with Crippen molar-refractivity contribution in [3.8, 4) is 0 Å². The second-order valence-corrected chi connectivity index (χ2v) is 6.50. The minimum Gasteiger partial charge on any atom is -0.450 e. The van der Waals surface area contributed by atoms with Gasteiger partial charge in [-0.15, -0.1) is 0 Å². The minimum absolute atomic E-state index is 0.112. The molecule has 3 rings (SSSR count). The van der Waals surface area contributed by atoms with Gasteiger partial charge in [0.1, 0.15) is 5.82 Å². The van der Waals surface area contributed by atoms with Gasteiger partial charge in [-0.05, 0) is 31.2 Å². The number of anilines is 1. The topological polar surface area (TPSA) is 82.2 Å². The van der Waals surface area contributed by atoms with E-state index >= 15 is 0 Å². The van der Waals surface area contributed by atoms with Crippen LogP contribution in [0.2, 0.25) is 0 Å². The summed E-state index contributed by atoms with van der Waals surface area (Å²) in [5.41, 5.74) is 0.612. The van der Waals surface area contributed by atoms with E-state index in [1.165, 1.54) is 12.1 Å². The maximum atomic E-state index is 13.0. The summed E-state index contributed by atoms with van der Waals surface area (Å²) in [6.07, 6.45) is -0.166. The Bertz CT molecular complexity index is 704. The molecule has 0 bridgehead atoms. The molecule has 8 nitrogen and oxygen atoms in total. The number of hydrogen-bond donors (Lipinski definition) is 1. The van der Waals surface area contributed by atoms with E-state index in [4.69, 9.17) is 4.74 Å². The molecule has 1 atom stereocenters. The Kier molecular flexibility index (Phi) is 5.78. The van der Waals surface area contributed by atoms with Crippen LogP contribution in [-0.2, 0) is 9.53 Å². The van der Waals surface area contributed by atoms with Gasteiger partial charge in [-0.2, -0.15) is 0 Å². The lowest BCUT2D eigenvalue weighted by Crippen LogP contribution is -2.54. The van der Waals surface area contributed by atoms with Crippen LogP contribution in [0.1, 0.15) is 13.3 Å². The van der Waals surface area contributed by atoms with Crippen molar-refractivity contribution in [2.45, 2.75) is 19.4 Å². The van der Waals surface area contributed by atoms with Crippen LogP contribution in [0.5, 0.6) is 0 Å². The van der Waals surface area contributed by atoms with Crippen molar-refractivity contribution >= 4 is 23.7 Å². The Hall–Kier alpha value is -2.84. The molecule has 0 unspecified atom stereocenters. The van der Waals surface area contributed by atoms with Crippen LogP contribution < -0.4 is 10.2 Å². The van der Waals surface area contributed by atoms with Crippen LogP contribution in [0.15, 0.2) is 24.3 Å². The zero-order valence-electron chi connectivity index (χ0n) is 15.2. The summed E-state index contributed by atoms with van der Waals surface area (Å²) in [6.45, 7) is 4.06. The molecule has 0 aromatic heterocycles. The van der Waals surface area contributed by atoms with E-state index in [1.807, 2.05) is 0 Å². The first-order valence-electron chi connectivity index (χ1n) is 9.01. The number of halogens is 1. The Morgan fingerprint density at radius 3 is 2.41 bits per heavy atom. The van der Waals surface area contributed by atoms with E-state index < -0.39 is 0 Å². The van der Waals surface area contributed by atoms with Gasteiger partial charge < -0.3 is 24.8 Å². The van der Waals surface area contributed by atoms with Crippen molar-refractivity contribution in [2.75, 3.05) is 44.2 Å². The fraction of sp³-hybridized carbons (Fsp3) is 0.500. The van der Waals surface area contributed by atoms with E-state index in [2.05, 4.69) is 5.32 Å². The van der Waals surface area contributed by atoms with Gasteiger partial charge in [0, 0.05) is 44.8 Å². The van der Waals surface area contributed by atoms with Crippen LogP contribution in [0.4, 0.5) is 19.7 Å². The van der Waals surface area contributed by atoms with Crippen molar-refractivity contribution < 1.29 is 23.5 Å². The first-order chi connectivity index (χ1) is 13.0. The second-order valence-electron chi connectivity index (χ2n) is 6.50. The van der Waals surface area contributed by atoms with Gasteiger partial charge in [-0.1, -0.05) is 0 Å². The molecule has 9 heteroatoms. The standard InChI is InChI=1S/C18H23FN4O4/c1-2-27-18(26)22-9-7-21(8-10-22)17(25)20-14-11-16(24)23(12-14)15-5-3-13(19)4-6-15/h3-6,14H,2,7-12H2,1H3,(H,20,25)/t14-/m1/s1. The quantitative estimate of drug-likeness (QED) is 0.862. The normalized spacial score (nSPS) is 20.0. The summed E-state index contributed by atoms with van der Waals surface area (Å²) in [4.78, 5) is 41.1. The van der Waals surface area contributed by atoms with Crippen LogP contribution in [0.25, 0.3) is 0 Å². The summed E-state index contributed by atoms with van der Waals surface area (Å²) >= 11 is 0. The van der Waals surface area contributed by atoms with Crippen LogP contribution in [0, 0.1) is 5.82 Å². The first-order valence-corrected chi connectivity index (χ1v) is 9.01. The van der Waals surface area contributed by atoms with Crippen LogP contribution >= 0.6 is 0 Å². The fourth-order valence-corrected chi connectivity index (χ4v) is 3.25. The molecule has 0 saturated carbocycles. The highest BCUT2D eigenvalue weighted by molar-refractivity contribution is 5.96. The van der Waals surface area contributed by atoms with E-state index in [9.17, 15) is 18.8 Å². The predicted octanol–water partition coefficient (Wildman–Crippen LogP) is 1.41. The molecule has 0 aliphatic carbocycles. The minimum atomic E-state index is -0.367. The van der Waals surface area contributed by atoms with Gasteiger partial charge >= 0.3 is 12.1 Å². The number of piperazine rings is 1.